The maximum atomic E-state index is 12.2. The van der Waals surface area contributed by atoms with Crippen molar-refractivity contribution in [2.75, 3.05) is 25.1 Å². The molecule has 0 aromatic rings. The summed E-state index contributed by atoms with van der Waals surface area (Å²) in [4.78, 5) is 14.0. The molecule has 22 heavy (non-hydrogen) atoms. The Morgan fingerprint density at radius 1 is 1.36 bits per heavy atom. The van der Waals surface area contributed by atoms with Gasteiger partial charge in [0.25, 0.3) is 0 Å². The van der Waals surface area contributed by atoms with E-state index in [2.05, 4.69) is 19.2 Å². The van der Waals surface area contributed by atoms with Crippen LogP contribution < -0.4 is 5.32 Å². The smallest absolute Gasteiger partial charge is 0.410 e. The molecule has 0 unspecified atom stereocenters. The molecule has 1 rings (SSSR count). The number of carbonyl (C=O) groups excluding carboxylic acids is 1. The average molecular weight is 333 g/mol. The van der Waals surface area contributed by atoms with Gasteiger partial charge < -0.3 is 15.0 Å². The van der Waals surface area contributed by atoms with Gasteiger partial charge in [-0.1, -0.05) is 6.92 Å². The van der Waals surface area contributed by atoms with Crippen molar-refractivity contribution in [1.82, 2.24) is 10.2 Å². The number of carbonyl (C=O) groups is 1. The summed E-state index contributed by atoms with van der Waals surface area (Å²) in [6.45, 7) is 11.4. The number of ether oxygens (including phenoxy) is 1. The van der Waals surface area contributed by atoms with Crippen molar-refractivity contribution in [1.29, 1.82) is 0 Å². The van der Waals surface area contributed by atoms with Gasteiger partial charge in [0.1, 0.15) is 5.60 Å². The lowest BCUT2D eigenvalue weighted by Crippen LogP contribution is -2.43. The molecule has 1 N–H and O–H groups in total. The predicted octanol–water partition coefficient (Wildman–Crippen LogP) is 2.38. The molecule has 1 aliphatic heterocycles. The molecule has 0 aromatic carbocycles. The van der Waals surface area contributed by atoms with E-state index in [1.165, 1.54) is 0 Å². The van der Waals surface area contributed by atoms with E-state index in [0.717, 1.165) is 19.4 Å². The van der Waals surface area contributed by atoms with Gasteiger partial charge in [-0.25, -0.2) is 4.79 Å². The van der Waals surface area contributed by atoms with Gasteiger partial charge in [0, 0.05) is 48.0 Å². The molecule has 5 nitrogen and oxygen atoms in total. The van der Waals surface area contributed by atoms with E-state index in [9.17, 15) is 9.00 Å². The van der Waals surface area contributed by atoms with Crippen LogP contribution in [0.15, 0.2) is 0 Å². The van der Waals surface area contributed by atoms with Crippen LogP contribution in [0, 0.1) is 5.92 Å². The average Bonchev–Trinajstić information content (AvgIpc) is 2.49. The molecule has 1 aliphatic rings. The quantitative estimate of drug-likeness (QED) is 0.859. The molecule has 1 fully saturated rings. The number of likely N-dealkylation sites (tertiary alicyclic amines) is 1. The number of rotatable bonds is 4. The first-order valence-electron chi connectivity index (χ1n) is 8.12. The van der Waals surface area contributed by atoms with E-state index < -0.39 is 16.4 Å². The van der Waals surface area contributed by atoms with Crippen molar-refractivity contribution in [3.63, 3.8) is 0 Å². The van der Waals surface area contributed by atoms with Crippen LogP contribution in [0.3, 0.4) is 0 Å². The van der Waals surface area contributed by atoms with Crippen molar-refractivity contribution in [2.24, 2.45) is 5.92 Å². The fraction of sp³-hybridized carbons (Fsp3) is 0.938. The van der Waals surface area contributed by atoms with Crippen LogP contribution in [-0.4, -0.2) is 58.0 Å². The highest BCUT2D eigenvalue weighted by Gasteiger charge is 2.28. The molecular weight excluding hydrogens is 300 g/mol. The molecule has 1 saturated heterocycles. The predicted molar refractivity (Wildman–Crippen MR) is 91.5 cm³/mol. The molecule has 0 aromatic heterocycles. The van der Waals surface area contributed by atoms with Crippen molar-refractivity contribution >= 4 is 16.9 Å². The van der Waals surface area contributed by atoms with E-state index in [0.29, 0.717) is 24.3 Å². The van der Waals surface area contributed by atoms with Crippen LogP contribution in [0.25, 0.3) is 0 Å². The lowest BCUT2D eigenvalue weighted by molar-refractivity contribution is 0.0255. The minimum absolute atomic E-state index is 0.219. The fourth-order valence-corrected chi connectivity index (χ4v) is 3.57. The zero-order valence-electron chi connectivity index (χ0n) is 14.8. The van der Waals surface area contributed by atoms with E-state index in [1.54, 1.807) is 6.26 Å². The van der Waals surface area contributed by atoms with Gasteiger partial charge in [-0.2, -0.15) is 0 Å². The highest BCUT2D eigenvalue weighted by Crippen LogP contribution is 2.20. The van der Waals surface area contributed by atoms with Gasteiger partial charge >= 0.3 is 6.09 Å². The zero-order valence-corrected chi connectivity index (χ0v) is 15.7. The first-order chi connectivity index (χ1) is 10.1. The van der Waals surface area contributed by atoms with Gasteiger partial charge in [0.05, 0.1) is 0 Å². The molecule has 0 bridgehead atoms. The van der Waals surface area contributed by atoms with Gasteiger partial charge in [0.2, 0.25) is 0 Å². The number of hydrogen-bond acceptors (Lipinski definition) is 4. The zero-order chi connectivity index (χ0) is 16.9. The normalized spacial score (nSPS) is 26.2. The Hall–Kier alpha value is -0.620. The summed E-state index contributed by atoms with van der Waals surface area (Å²) in [6, 6.07) is 0.581. The van der Waals surface area contributed by atoms with Crippen molar-refractivity contribution in [2.45, 2.75) is 65.1 Å². The first-order valence-corrected chi connectivity index (χ1v) is 9.85. The molecule has 0 saturated carbocycles. The maximum Gasteiger partial charge on any atom is 0.410 e. The molecule has 4 atom stereocenters. The minimum atomic E-state index is -0.788. The Kier molecular flexibility index (Phi) is 7.32. The number of nitrogens with one attached hydrogen (secondary N) is 1. The van der Waals surface area contributed by atoms with E-state index in [-0.39, 0.29) is 12.1 Å². The third kappa shape index (κ3) is 7.09. The lowest BCUT2D eigenvalue weighted by atomic mass is 9.96. The van der Waals surface area contributed by atoms with Crippen molar-refractivity contribution in [3.8, 4) is 0 Å². The Labute approximate surface area is 137 Å². The van der Waals surface area contributed by atoms with E-state index in [1.807, 2.05) is 25.7 Å². The second kappa shape index (κ2) is 8.29. The molecule has 6 heteroatoms. The van der Waals surface area contributed by atoms with Crippen molar-refractivity contribution in [3.05, 3.63) is 0 Å². The van der Waals surface area contributed by atoms with Crippen LogP contribution in [0.4, 0.5) is 4.79 Å². The highest BCUT2D eigenvalue weighted by molar-refractivity contribution is 7.84. The van der Waals surface area contributed by atoms with E-state index >= 15 is 0 Å². The van der Waals surface area contributed by atoms with Gasteiger partial charge in [-0.15, -0.1) is 0 Å². The lowest BCUT2D eigenvalue weighted by Gasteiger charge is -2.27. The van der Waals surface area contributed by atoms with Crippen molar-refractivity contribution < 1.29 is 13.7 Å². The second-order valence-corrected chi connectivity index (χ2v) is 8.92. The third-order valence-electron chi connectivity index (χ3n) is 3.89. The maximum absolute atomic E-state index is 12.2. The summed E-state index contributed by atoms with van der Waals surface area (Å²) >= 11 is 0. The Balaban J connectivity index is 2.55. The summed E-state index contributed by atoms with van der Waals surface area (Å²) < 4.78 is 16.8. The Bertz CT molecular complexity index is 395. The molecule has 0 spiro atoms. The topological polar surface area (TPSA) is 58.6 Å². The summed E-state index contributed by atoms with van der Waals surface area (Å²) in [5.74, 6) is 1.15. The highest BCUT2D eigenvalue weighted by atomic mass is 32.2. The molecule has 0 aliphatic carbocycles. The molecular formula is C16H32N2O3S. The van der Waals surface area contributed by atoms with Gasteiger partial charge in [-0.3, -0.25) is 4.21 Å². The largest absolute Gasteiger partial charge is 0.444 e. The molecule has 130 valence electrons. The van der Waals surface area contributed by atoms with Crippen LogP contribution in [0.1, 0.15) is 47.5 Å². The number of hydrogen-bond donors (Lipinski definition) is 1. The van der Waals surface area contributed by atoms with Gasteiger partial charge in [-0.05, 0) is 46.5 Å². The molecule has 1 amide bonds. The van der Waals surface area contributed by atoms with Gasteiger partial charge in [0.15, 0.2) is 0 Å². The van der Waals surface area contributed by atoms with Crippen LogP contribution in [-0.2, 0) is 15.5 Å². The van der Waals surface area contributed by atoms with Crippen LogP contribution in [0.2, 0.25) is 0 Å². The van der Waals surface area contributed by atoms with E-state index in [4.69, 9.17) is 4.74 Å². The minimum Gasteiger partial charge on any atom is -0.444 e. The number of amides is 1. The monoisotopic (exact) mass is 332 g/mol. The Morgan fingerprint density at radius 3 is 2.50 bits per heavy atom. The summed E-state index contributed by atoms with van der Waals surface area (Å²) in [6.07, 6.45) is 3.38. The van der Waals surface area contributed by atoms with Crippen LogP contribution in [0.5, 0.6) is 0 Å². The third-order valence-corrected chi connectivity index (χ3v) is 4.86. The summed E-state index contributed by atoms with van der Waals surface area (Å²) in [5.41, 5.74) is -0.452. The molecule has 0 radical (unpaired) electrons. The second-order valence-electron chi connectivity index (χ2n) is 7.44. The summed E-state index contributed by atoms with van der Waals surface area (Å²) in [7, 11) is -0.788. The summed E-state index contributed by atoms with van der Waals surface area (Å²) in [5, 5.41) is 3.58. The fourth-order valence-electron chi connectivity index (χ4n) is 2.77. The standard InChI is InChI=1S/C16H32N2O3S/c1-12-7-9-18(15(19)21-16(3,4)5)10-8-14(12)17-13(2)11-22(6)20/h12-14,17H,7-11H2,1-6H3/t12-,13-,14-,22+/m1/s1. The van der Waals surface area contributed by atoms with Crippen LogP contribution >= 0.6 is 0 Å². The number of nitrogens with zero attached hydrogens (tertiary/aromatic N) is 1. The molecule has 1 heterocycles. The first kappa shape index (κ1) is 19.4. The Morgan fingerprint density at radius 2 is 1.95 bits per heavy atom. The SMILES string of the molecule is C[C@H](C[S@](C)=O)N[C@@H]1CCN(C(=O)OC(C)(C)C)CC[C@H]1C.